The standard InChI is InChI=1S/C16H12BrF3N6OS/c1-26-8-22-25-15(26)28-7-9-2-3-21-13(4-9)24-14(27)11-5-10(17)6-12(23-11)16(18,19)20/h2-6,8H,7H2,1H3,(H,21,24,27). The van der Waals surface area contributed by atoms with Crippen LogP contribution in [0, 0.1) is 0 Å². The summed E-state index contributed by atoms with van der Waals surface area (Å²) in [6.45, 7) is 0. The Morgan fingerprint density at radius 3 is 2.79 bits per heavy atom. The summed E-state index contributed by atoms with van der Waals surface area (Å²) >= 11 is 4.41. The predicted octanol–water partition coefficient (Wildman–Crippen LogP) is 3.93. The molecule has 0 unspecified atom stereocenters. The van der Waals surface area contributed by atoms with Gasteiger partial charge in [0, 0.05) is 23.5 Å². The normalized spacial score (nSPS) is 11.5. The molecule has 0 aliphatic heterocycles. The number of halogens is 4. The first kappa shape index (κ1) is 20.3. The summed E-state index contributed by atoms with van der Waals surface area (Å²) in [7, 11) is 1.82. The molecule has 0 aliphatic carbocycles. The molecule has 28 heavy (non-hydrogen) atoms. The van der Waals surface area contributed by atoms with Gasteiger partial charge in [-0.25, -0.2) is 9.97 Å². The molecule has 1 N–H and O–H groups in total. The number of anilines is 1. The van der Waals surface area contributed by atoms with Crippen molar-refractivity contribution >= 4 is 39.4 Å². The molecular formula is C16H12BrF3N6OS. The topological polar surface area (TPSA) is 85.6 Å². The van der Waals surface area contributed by atoms with E-state index in [0.717, 1.165) is 16.8 Å². The summed E-state index contributed by atoms with van der Waals surface area (Å²) in [6.07, 6.45) is -1.58. The minimum atomic E-state index is -4.66. The third kappa shape index (κ3) is 5.07. The zero-order chi connectivity index (χ0) is 20.3. The molecule has 0 fully saturated rings. The maximum Gasteiger partial charge on any atom is 0.433 e. The molecule has 0 atom stereocenters. The van der Waals surface area contributed by atoms with Crippen LogP contribution in [0.25, 0.3) is 0 Å². The van der Waals surface area contributed by atoms with E-state index >= 15 is 0 Å². The van der Waals surface area contributed by atoms with Crippen LogP contribution in [0.1, 0.15) is 21.7 Å². The highest BCUT2D eigenvalue weighted by Crippen LogP contribution is 2.30. The fraction of sp³-hybridized carbons (Fsp3) is 0.188. The monoisotopic (exact) mass is 472 g/mol. The van der Waals surface area contributed by atoms with E-state index in [0.29, 0.717) is 5.75 Å². The number of rotatable bonds is 5. The van der Waals surface area contributed by atoms with Gasteiger partial charge in [-0.1, -0.05) is 27.7 Å². The van der Waals surface area contributed by atoms with E-state index in [4.69, 9.17) is 0 Å². The van der Waals surface area contributed by atoms with Gasteiger partial charge in [-0.05, 0) is 29.8 Å². The van der Waals surface area contributed by atoms with Crippen LogP contribution < -0.4 is 5.32 Å². The van der Waals surface area contributed by atoms with Crippen LogP contribution in [0.15, 0.2) is 46.4 Å². The third-order valence-electron chi connectivity index (χ3n) is 3.42. The summed E-state index contributed by atoms with van der Waals surface area (Å²) in [5, 5.41) is 10.9. The Morgan fingerprint density at radius 2 is 2.11 bits per heavy atom. The second-order valence-electron chi connectivity index (χ2n) is 5.57. The van der Waals surface area contributed by atoms with Gasteiger partial charge in [-0.3, -0.25) is 4.79 Å². The molecule has 146 valence electrons. The van der Waals surface area contributed by atoms with E-state index in [1.807, 2.05) is 7.05 Å². The molecule has 0 saturated carbocycles. The van der Waals surface area contributed by atoms with E-state index in [-0.39, 0.29) is 16.0 Å². The minimum Gasteiger partial charge on any atom is -0.312 e. The Hall–Kier alpha value is -2.47. The zero-order valence-electron chi connectivity index (χ0n) is 14.2. The molecular weight excluding hydrogens is 461 g/mol. The lowest BCUT2D eigenvalue weighted by Crippen LogP contribution is -2.18. The van der Waals surface area contributed by atoms with Crippen LogP contribution in [0.2, 0.25) is 0 Å². The van der Waals surface area contributed by atoms with Crippen molar-refractivity contribution < 1.29 is 18.0 Å². The molecule has 0 radical (unpaired) electrons. The Balaban J connectivity index is 1.72. The number of nitrogens with zero attached hydrogens (tertiary/aromatic N) is 5. The summed E-state index contributed by atoms with van der Waals surface area (Å²) in [4.78, 5) is 19.7. The van der Waals surface area contributed by atoms with Crippen LogP contribution >= 0.6 is 27.7 Å². The van der Waals surface area contributed by atoms with Gasteiger partial charge in [-0.15, -0.1) is 10.2 Å². The molecule has 3 rings (SSSR count). The maximum atomic E-state index is 12.9. The number of thioether (sulfide) groups is 1. The molecule has 0 aliphatic rings. The number of hydrogen-bond donors (Lipinski definition) is 1. The van der Waals surface area contributed by atoms with Crippen LogP contribution in [-0.2, 0) is 19.0 Å². The van der Waals surface area contributed by atoms with Crippen molar-refractivity contribution in [3.05, 3.63) is 58.2 Å². The van der Waals surface area contributed by atoms with Crippen molar-refractivity contribution in [1.82, 2.24) is 24.7 Å². The third-order valence-corrected chi connectivity index (χ3v) is 4.98. The summed E-state index contributed by atoms with van der Waals surface area (Å²) in [5.74, 6) is -0.0422. The second-order valence-corrected chi connectivity index (χ2v) is 7.43. The SMILES string of the molecule is Cn1cnnc1SCc1ccnc(NC(=O)c2cc(Br)cc(C(F)(F)F)n2)c1. The van der Waals surface area contributed by atoms with Gasteiger partial charge >= 0.3 is 6.18 Å². The molecule has 12 heteroatoms. The first-order chi connectivity index (χ1) is 13.2. The van der Waals surface area contributed by atoms with E-state index in [2.05, 4.69) is 41.4 Å². The number of aryl methyl sites for hydroxylation is 1. The lowest BCUT2D eigenvalue weighted by Gasteiger charge is -2.10. The van der Waals surface area contributed by atoms with Crippen molar-refractivity contribution in [2.45, 2.75) is 17.1 Å². The number of aromatic nitrogens is 5. The summed E-state index contributed by atoms with van der Waals surface area (Å²) in [6, 6.07) is 5.40. The number of alkyl halides is 3. The first-order valence-corrected chi connectivity index (χ1v) is 9.48. The molecule has 3 heterocycles. The number of nitrogens with one attached hydrogen (secondary N) is 1. The van der Waals surface area contributed by atoms with Gasteiger partial charge in [-0.2, -0.15) is 13.2 Å². The van der Waals surface area contributed by atoms with Gasteiger partial charge in [0.05, 0.1) is 0 Å². The number of carbonyl (C=O) groups excluding carboxylic acids is 1. The van der Waals surface area contributed by atoms with Gasteiger partial charge in [0.2, 0.25) is 0 Å². The van der Waals surface area contributed by atoms with Gasteiger partial charge in [0.1, 0.15) is 23.5 Å². The van der Waals surface area contributed by atoms with Crippen LogP contribution in [0.3, 0.4) is 0 Å². The highest BCUT2D eigenvalue weighted by Gasteiger charge is 2.33. The molecule has 0 aromatic carbocycles. The van der Waals surface area contributed by atoms with Crippen LogP contribution in [-0.4, -0.2) is 30.6 Å². The minimum absolute atomic E-state index is 0.0989. The summed E-state index contributed by atoms with van der Waals surface area (Å²) < 4.78 is 40.5. The molecule has 0 saturated heterocycles. The molecule has 0 bridgehead atoms. The lowest BCUT2D eigenvalue weighted by atomic mass is 10.2. The van der Waals surface area contributed by atoms with Crippen molar-refractivity contribution in [1.29, 1.82) is 0 Å². The fourth-order valence-corrected chi connectivity index (χ4v) is 3.39. The lowest BCUT2D eigenvalue weighted by molar-refractivity contribution is -0.141. The molecule has 1 amide bonds. The maximum absolute atomic E-state index is 12.9. The molecule has 3 aromatic rings. The van der Waals surface area contributed by atoms with Crippen molar-refractivity contribution in [3.8, 4) is 0 Å². The molecule has 7 nitrogen and oxygen atoms in total. The molecule has 3 aromatic heterocycles. The van der Waals surface area contributed by atoms with E-state index in [1.165, 1.54) is 24.0 Å². The first-order valence-electron chi connectivity index (χ1n) is 7.70. The molecule has 0 spiro atoms. The van der Waals surface area contributed by atoms with Gasteiger partial charge in [0.25, 0.3) is 5.91 Å². The largest absolute Gasteiger partial charge is 0.433 e. The second kappa shape index (κ2) is 8.27. The van der Waals surface area contributed by atoms with E-state index in [9.17, 15) is 18.0 Å². The average Bonchev–Trinajstić information content (AvgIpc) is 3.04. The number of amides is 1. The Labute approximate surface area is 169 Å². The van der Waals surface area contributed by atoms with Crippen LogP contribution in [0.4, 0.5) is 19.0 Å². The van der Waals surface area contributed by atoms with Crippen molar-refractivity contribution in [2.75, 3.05) is 5.32 Å². The van der Waals surface area contributed by atoms with Gasteiger partial charge in [0.15, 0.2) is 5.16 Å². The number of carbonyl (C=O) groups is 1. The Kier molecular flexibility index (Phi) is 5.98. The highest BCUT2D eigenvalue weighted by molar-refractivity contribution is 9.10. The highest BCUT2D eigenvalue weighted by atomic mass is 79.9. The van der Waals surface area contributed by atoms with E-state index in [1.54, 1.807) is 23.0 Å². The fourth-order valence-electron chi connectivity index (χ4n) is 2.12. The average molecular weight is 473 g/mol. The van der Waals surface area contributed by atoms with Crippen molar-refractivity contribution in [3.63, 3.8) is 0 Å². The quantitative estimate of drug-likeness (QED) is 0.566. The number of hydrogen-bond acceptors (Lipinski definition) is 6. The summed E-state index contributed by atoms with van der Waals surface area (Å²) in [5.41, 5.74) is -0.687. The van der Waals surface area contributed by atoms with E-state index < -0.39 is 17.8 Å². The zero-order valence-corrected chi connectivity index (χ0v) is 16.6. The Morgan fingerprint density at radius 1 is 1.32 bits per heavy atom. The van der Waals surface area contributed by atoms with Crippen molar-refractivity contribution in [2.24, 2.45) is 7.05 Å². The predicted molar refractivity (Wildman–Crippen MR) is 99.7 cm³/mol. The Bertz CT molecular complexity index is 1010. The van der Waals surface area contributed by atoms with Gasteiger partial charge < -0.3 is 9.88 Å². The van der Waals surface area contributed by atoms with Crippen LogP contribution in [0.5, 0.6) is 0 Å². The number of pyridine rings is 2. The smallest absolute Gasteiger partial charge is 0.312 e.